The number of aromatic hydroxyl groups is 1. The minimum absolute atomic E-state index is 0.0382. The van der Waals surface area contributed by atoms with E-state index < -0.39 is 23.3 Å². The fourth-order valence-corrected chi connectivity index (χ4v) is 3.76. The Balaban J connectivity index is 1.74. The van der Waals surface area contributed by atoms with E-state index in [1.807, 2.05) is 0 Å². The molecule has 2 amide bonds. The van der Waals surface area contributed by atoms with Gasteiger partial charge in [0.05, 0.1) is 22.7 Å². The second-order valence-electron chi connectivity index (χ2n) is 6.99. The molecule has 0 bridgehead atoms. The van der Waals surface area contributed by atoms with Crippen LogP contribution < -0.4 is 16.4 Å². The fraction of sp³-hybridized carbons (Fsp3) is 0.250. The van der Waals surface area contributed by atoms with E-state index in [1.165, 1.54) is 31.4 Å². The predicted molar refractivity (Wildman–Crippen MR) is 109 cm³/mol. The molecule has 0 unspecified atom stereocenters. The lowest BCUT2D eigenvalue weighted by Gasteiger charge is -2.16. The maximum Gasteiger partial charge on any atom is 0.338 e. The van der Waals surface area contributed by atoms with Crippen LogP contribution in [-0.2, 0) is 16.1 Å². The first-order chi connectivity index (χ1) is 14.2. The normalized spacial score (nSPS) is 19.7. The van der Waals surface area contributed by atoms with Crippen LogP contribution in [0, 0.1) is 0 Å². The third-order valence-corrected chi connectivity index (χ3v) is 5.48. The quantitative estimate of drug-likeness (QED) is 0.490. The van der Waals surface area contributed by atoms with Crippen molar-refractivity contribution < 1.29 is 30.0 Å². The van der Waals surface area contributed by atoms with Gasteiger partial charge in [0, 0.05) is 18.5 Å². The number of phenols is 1. The van der Waals surface area contributed by atoms with Gasteiger partial charge in [-0.3, -0.25) is 9.59 Å². The van der Waals surface area contributed by atoms with E-state index in [1.54, 1.807) is 12.1 Å². The van der Waals surface area contributed by atoms with Crippen molar-refractivity contribution in [3.8, 4) is 5.75 Å². The first kappa shape index (κ1) is 21.9. The van der Waals surface area contributed by atoms with E-state index in [0.29, 0.717) is 12.0 Å². The lowest BCUT2D eigenvalue weighted by Crippen LogP contribution is -2.62. The van der Waals surface area contributed by atoms with Gasteiger partial charge in [-0.25, -0.2) is 4.79 Å². The summed E-state index contributed by atoms with van der Waals surface area (Å²) in [7, 11) is 1.23. The van der Waals surface area contributed by atoms with Gasteiger partial charge >= 0.3 is 5.97 Å². The number of hydrogen-bond acceptors (Lipinski definition) is 5. The lowest BCUT2D eigenvalue weighted by molar-refractivity contribution is -0.389. The summed E-state index contributed by atoms with van der Waals surface area (Å²) in [6, 6.07) is 8.77. The Hall–Kier alpha value is -2.81. The van der Waals surface area contributed by atoms with Crippen molar-refractivity contribution in [2.24, 2.45) is 0 Å². The first-order valence-corrected chi connectivity index (χ1v) is 9.72. The van der Waals surface area contributed by atoms with E-state index in [9.17, 15) is 19.5 Å². The molecule has 1 aliphatic rings. The highest BCUT2D eigenvalue weighted by Crippen LogP contribution is 2.35. The van der Waals surface area contributed by atoms with E-state index in [0.717, 1.165) is 0 Å². The van der Waals surface area contributed by atoms with E-state index in [2.05, 4.69) is 16.4 Å². The molecule has 0 saturated heterocycles. The molecule has 0 radical (unpaired) electrons. The molecule has 6 N–H and O–H groups in total. The molecule has 1 saturated carbocycles. The van der Waals surface area contributed by atoms with Crippen LogP contribution in [0.5, 0.6) is 5.75 Å². The van der Waals surface area contributed by atoms with Gasteiger partial charge in [-0.05, 0) is 29.8 Å². The third kappa shape index (κ3) is 4.35. The zero-order chi connectivity index (χ0) is 22.1. The molecule has 1 aliphatic carbocycles. The highest BCUT2D eigenvalue weighted by Gasteiger charge is 2.64. The van der Waals surface area contributed by atoms with Gasteiger partial charge in [-0.1, -0.05) is 35.3 Å². The smallest absolute Gasteiger partial charge is 0.338 e. The van der Waals surface area contributed by atoms with Crippen LogP contribution in [0.15, 0.2) is 36.4 Å². The summed E-state index contributed by atoms with van der Waals surface area (Å²) in [5.41, 5.74) is 3.42. The fourth-order valence-electron chi connectivity index (χ4n) is 3.10. The number of phenolic OH excluding ortho intramolecular Hbond substituents is 1. The average Bonchev–Trinajstić information content (AvgIpc) is 3.34. The Labute approximate surface area is 182 Å². The number of carbonyl (C=O) groups excluding carboxylic acids is 3. The summed E-state index contributed by atoms with van der Waals surface area (Å²) in [5.74, 6) is -1.62. The molecule has 10 heteroatoms. The number of amides is 2. The Bertz CT molecular complexity index is 1010. The van der Waals surface area contributed by atoms with Crippen molar-refractivity contribution in [3.63, 3.8) is 0 Å². The number of benzene rings is 2. The summed E-state index contributed by atoms with van der Waals surface area (Å²) in [4.78, 5) is 37.1. The Kier molecular flexibility index (Phi) is 6.21. The highest BCUT2D eigenvalue weighted by atomic mass is 35.5. The van der Waals surface area contributed by atoms with Crippen LogP contribution >= 0.6 is 23.2 Å². The minimum atomic E-state index is -1.20. The number of nitrogens with one attached hydrogen (secondary N) is 2. The SMILES string of the molecule is COC(=O)[C@@]1(NC(=O)c2c(Cl)cc(C(=O)NCc3cccc(O)c3)cc2Cl)C[C@H]1[NH3+]. The highest BCUT2D eigenvalue weighted by molar-refractivity contribution is 6.40. The maximum atomic E-state index is 12.7. The molecule has 0 spiro atoms. The molecule has 3 rings (SSSR count). The summed E-state index contributed by atoms with van der Waals surface area (Å²) in [6.45, 7) is 0.178. The lowest BCUT2D eigenvalue weighted by atomic mass is 10.1. The van der Waals surface area contributed by atoms with Gasteiger partial charge in [0.1, 0.15) is 11.8 Å². The van der Waals surface area contributed by atoms with Crippen molar-refractivity contribution in [1.82, 2.24) is 10.6 Å². The summed E-state index contributed by atoms with van der Waals surface area (Å²) in [6.07, 6.45) is 0.343. The Morgan fingerprint density at radius 3 is 2.37 bits per heavy atom. The molecule has 0 aliphatic heterocycles. The summed E-state index contributed by atoms with van der Waals surface area (Å²) < 4.78 is 4.74. The maximum absolute atomic E-state index is 12.7. The van der Waals surface area contributed by atoms with Gasteiger partial charge in [-0.2, -0.15) is 0 Å². The van der Waals surface area contributed by atoms with Crippen molar-refractivity contribution >= 4 is 41.0 Å². The molecule has 2 aromatic carbocycles. The molecule has 0 heterocycles. The predicted octanol–water partition coefficient (Wildman–Crippen LogP) is 1.28. The van der Waals surface area contributed by atoms with Crippen molar-refractivity contribution in [3.05, 3.63) is 63.1 Å². The topological polar surface area (TPSA) is 132 Å². The number of carbonyl (C=O) groups is 3. The zero-order valence-electron chi connectivity index (χ0n) is 16.0. The van der Waals surface area contributed by atoms with Crippen molar-refractivity contribution in [2.45, 2.75) is 24.5 Å². The number of halogens is 2. The van der Waals surface area contributed by atoms with Crippen LogP contribution in [0.1, 0.15) is 32.7 Å². The summed E-state index contributed by atoms with van der Waals surface area (Å²) in [5, 5.41) is 14.7. The van der Waals surface area contributed by atoms with Crippen molar-refractivity contribution in [2.75, 3.05) is 7.11 Å². The molecular formula is C20H20Cl2N3O5+. The zero-order valence-corrected chi connectivity index (χ0v) is 17.5. The average molecular weight is 453 g/mol. The van der Waals surface area contributed by atoms with Gasteiger partial charge in [0.2, 0.25) is 0 Å². The van der Waals surface area contributed by atoms with E-state index in [-0.39, 0.29) is 39.5 Å². The van der Waals surface area contributed by atoms with Gasteiger partial charge in [0.15, 0.2) is 5.54 Å². The van der Waals surface area contributed by atoms with Crippen LogP contribution in [0.3, 0.4) is 0 Å². The number of methoxy groups -OCH3 is 1. The van der Waals surface area contributed by atoms with Gasteiger partial charge in [0.25, 0.3) is 11.8 Å². The molecule has 8 nitrogen and oxygen atoms in total. The second-order valence-corrected chi connectivity index (χ2v) is 7.80. The molecule has 0 aromatic heterocycles. The van der Waals surface area contributed by atoms with Crippen LogP contribution in [0.2, 0.25) is 10.0 Å². The number of ether oxygens (including phenoxy) is 1. The molecule has 30 heavy (non-hydrogen) atoms. The van der Waals surface area contributed by atoms with Gasteiger partial charge < -0.3 is 26.2 Å². The first-order valence-electron chi connectivity index (χ1n) is 8.97. The standard InChI is InChI=1S/C20H19Cl2N3O5/c1-30-19(29)20(8-15(20)23)25-18(28)16-13(21)6-11(7-14(16)22)17(27)24-9-10-3-2-4-12(26)5-10/h2-7,15,26H,8-9,23H2,1H3,(H,24,27)(H,25,28)/p+1/t15-,20-/m1/s1. The molecular weight excluding hydrogens is 433 g/mol. The summed E-state index contributed by atoms with van der Waals surface area (Å²) >= 11 is 12.4. The number of hydrogen-bond donors (Lipinski definition) is 4. The monoisotopic (exact) mass is 452 g/mol. The number of esters is 1. The molecule has 1 fully saturated rings. The second kappa shape index (κ2) is 8.51. The van der Waals surface area contributed by atoms with Crippen molar-refractivity contribution in [1.29, 1.82) is 0 Å². The Morgan fingerprint density at radius 2 is 1.83 bits per heavy atom. The number of rotatable bonds is 6. The van der Waals surface area contributed by atoms with Crippen LogP contribution in [0.25, 0.3) is 0 Å². The molecule has 2 atom stereocenters. The molecule has 2 aromatic rings. The van der Waals surface area contributed by atoms with Gasteiger partial charge in [-0.15, -0.1) is 0 Å². The minimum Gasteiger partial charge on any atom is -0.508 e. The van der Waals surface area contributed by atoms with E-state index >= 15 is 0 Å². The molecule has 158 valence electrons. The Morgan fingerprint density at radius 1 is 1.20 bits per heavy atom. The van der Waals surface area contributed by atoms with Crippen LogP contribution in [0.4, 0.5) is 0 Å². The van der Waals surface area contributed by atoms with E-state index in [4.69, 9.17) is 27.9 Å². The third-order valence-electron chi connectivity index (χ3n) is 4.89. The van der Waals surface area contributed by atoms with Crippen LogP contribution in [-0.4, -0.2) is 41.6 Å². The largest absolute Gasteiger partial charge is 0.508 e. The number of quaternary nitrogens is 1.